The molecule has 1 amide bonds. The van der Waals surface area contributed by atoms with Crippen molar-refractivity contribution in [2.45, 2.75) is 38.8 Å². The maximum atomic E-state index is 11.7. The van der Waals surface area contributed by atoms with Crippen molar-refractivity contribution in [1.29, 1.82) is 0 Å². The van der Waals surface area contributed by atoms with E-state index in [4.69, 9.17) is 5.73 Å². The second-order valence-electron chi connectivity index (χ2n) is 5.04. The maximum Gasteiger partial charge on any atom is 0.240 e. The summed E-state index contributed by atoms with van der Waals surface area (Å²) in [5.74, 6) is 0.915. The molecule has 1 aromatic rings. The summed E-state index contributed by atoms with van der Waals surface area (Å²) in [6.45, 7) is 6.58. The van der Waals surface area contributed by atoms with Crippen molar-refractivity contribution in [2.75, 3.05) is 18.0 Å². The normalized spacial score (nSPS) is 14.4. The zero-order chi connectivity index (χ0) is 13.9. The highest BCUT2D eigenvalue weighted by Crippen LogP contribution is 2.32. The number of pyridine rings is 1. The molecule has 5 nitrogen and oxygen atoms in total. The first kappa shape index (κ1) is 20.0. The Labute approximate surface area is 138 Å². The highest BCUT2D eigenvalue weighted by atomic mass is 35.5. The number of rotatable bonds is 6. The van der Waals surface area contributed by atoms with Crippen LogP contribution in [0, 0.1) is 0 Å². The van der Waals surface area contributed by atoms with Gasteiger partial charge in [0.25, 0.3) is 0 Å². The van der Waals surface area contributed by atoms with Crippen molar-refractivity contribution in [3.63, 3.8) is 0 Å². The smallest absolute Gasteiger partial charge is 0.240 e. The Bertz CT molecular complexity index is 445. The Hall–Kier alpha value is -1.04. The number of anilines is 1. The summed E-state index contributed by atoms with van der Waals surface area (Å²) in [4.78, 5) is 18.3. The summed E-state index contributed by atoms with van der Waals surface area (Å²) in [5, 5.41) is 2.86. The summed E-state index contributed by atoms with van der Waals surface area (Å²) in [7, 11) is 0. The van der Waals surface area contributed by atoms with Crippen LogP contribution in [0.3, 0.4) is 0 Å². The van der Waals surface area contributed by atoms with Crippen molar-refractivity contribution in [1.82, 2.24) is 10.3 Å². The van der Waals surface area contributed by atoms with Gasteiger partial charge in [0.2, 0.25) is 5.91 Å². The lowest BCUT2D eigenvalue weighted by atomic mass is 10.2. The average molecular weight is 335 g/mol. The van der Waals surface area contributed by atoms with Crippen molar-refractivity contribution >= 4 is 36.5 Å². The summed E-state index contributed by atoms with van der Waals surface area (Å²) in [6, 6.07) is 3.99. The minimum atomic E-state index is -0.603. The monoisotopic (exact) mass is 334 g/mol. The number of nitrogens with one attached hydrogen (secondary N) is 1. The molecule has 1 fully saturated rings. The van der Waals surface area contributed by atoms with Crippen LogP contribution in [0.4, 0.5) is 5.82 Å². The van der Waals surface area contributed by atoms with E-state index in [-0.39, 0.29) is 30.7 Å². The number of carbonyl (C=O) groups excluding carboxylic acids is 1. The van der Waals surface area contributed by atoms with E-state index in [2.05, 4.69) is 29.0 Å². The van der Waals surface area contributed by atoms with E-state index in [1.165, 1.54) is 0 Å². The minimum Gasteiger partial charge on any atom is -0.357 e. The van der Waals surface area contributed by atoms with Gasteiger partial charge in [-0.3, -0.25) is 4.79 Å². The number of aromatic nitrogens is 1. The molecule has 0 radical (unpaired) electrons. The highest BCUT2D eigenvalue weighted by molar-refractivity contribution is 5.88. The Morgan fingerprint density at radius 1 is 1.33 bits per heavy atom. The number of hydrogen-bond acceptors (Lipinski definition) is 4. The summed E-state index contributed by atoms with van der Waals surface area (Å²) in [6.07, 6.45) is 3.39. The van der Waals surface area contributed by atoms with Gasteiger partial charge in [-0.2, -0.15) is 0 Å². The standard InChI is InChI=1S/C14H22N4O.2ClH/c1-3-18(4-2)12-6-5-11(9-16-12)10-17-13(19)14(15)7-8-14;;/h5-6,9H,3-4,7-8,10,15H2,1-2H3,(H,17,19);2*1H. The molecule has 1 aromatic heterocycles. The fourth-order valence-corrected chi connectivity index (χ4v) is 1.98. The Balaban J connectivity index is 0.00000200. The third-order valence-electron chi connectivity index (χ3n) is 3.59. The molecular formula is C14H24Cl2N4O. The third kappa shape index (κ3) is 5.02. The molecule has 0 aromatic carbocycles. The third-order valence-corrected chi connectivity index (χ3v) is 3.59. The number of carbonyl (C=O) groups is 1. The van der Waals surface area contributed by atoms with Gasteiger partial charge in [-0.1, -0.05) is 6.07 Å². The quantitative estimate of drug-likeness (QED) is 0.833. The molecule has 2 rings (SSSR count). The van der Waals surface area contributed by atoms with Crippen LogP contribution in [0.1, 0.15) is 32.3 Å². The maximum absolute atomic E-state index is 11.7. The van der Waals surface area contributed by atoms with Crippen molar-refractivity contribution < 1.29 is 4.79 Å². The minimum absolute atomic E-state index is 0. The van der Waals surface area contributed by atoms with Crippen LogP contribution in [0.15, 0.2) is 18.3 Å². The van der Waals surface area contributed by atoms with Gasteiger partial charge in [-0.25, -0.2) is 4.98 Å². The lowest BCUT2D eigenvalue weighted by Gasteiger charge is -2.19. The van der Waals surface area contributed by atoms with Crippen LogP contribution < -0.4 is 16.0 Å². The van der Waals surface area contributed by atoms with Crippen LogP contribution in [0.5, 0.6) is 0 Å². The van der Waals surface area contributed by atoms with Gasteiger partial charge in [-0.15, -0.1) is 24.8 Å². The molecule has 1 aliphatic carbocycles. The number of nitrogens with two attached hydrogens (primary N) is 1. The summed E-state index contributed by atoms with van der Waals surface area (Å²) < 4.78 is 0. The number of nitrogens with zero attached hydrogens (tertiary/aromatic N) is 2. The predicted octanol–water partition coefficient (Wildman–Crippen LogP) is 1.88. The Kier molecular flexibility index (Phi) is 8.00. The van der Waals surface area contributed by atoms with E-state index in [0.717, 1.165) is 37.3 Å². The molecule has 1 heterocycles. The molecule has 0 spiro atoms. The Morgan fingerprint density at radius 3 is 2.38 bits per heavy atom. The van der Waals surface area contributed by atoms with Gasteiger partial charge in [0.15, 0.2) is 0 Å². The summed E-state index contributed by atoms with van der Waals surface area (Å²) >= 11 is 0. The van der Waals surface area contributed by atoms with Gasteiger partial charge in [0, 0.05) is 25.8 Å². The van der Waals surface area contributed by atoms with Crippen molar-refractivity contribution in [3.05, 3.63) is 23.9 Å². The predicted molar refractivity (Wildman–Crippen MR) is 90.3 cm³/mol. The Morgan fingerprint density at radius 2 is 1.95 bits per heavy atom. The molecule has 3 N–H and O–H groups in total. The number of halogens is 2. The fourth-order valence-electron chi connectivity index (χ4n) is 1.98. The molecule has 0 bridgehead atoms. The fraction of sp³-hybridized carbons (Fsp3) is 0.571. The van der Waals surface area contributed by atoms with Crippen LogP contribution in [0.2, 0.25) is 0 Å². The van der Waals surface area contributed by atoms with E-state index >= 15 is 0 Å². The van der Waals surface area contributed by atoms with Crippen molar-refractivity contribution in [2.24, 2.45) is 5.73 Å². The van der Waals surface area contributed by atoms with Gasteiger partial charge in [0.05, 0.1) is 5.54 Å². The topological polar surface area (TPSA) is 71.2 Å². The SMILES string of the molecule is CCN(CC)c1ccc(CNC(=O)C2(N)CC2)cn1.Cl.Cl. The first-order chi connectivity index (χ1) is 9.09. The molecular weight excluding hydrogens is 311 g/mol. The van der Waals surface area contributed by atoms with Gasteiger partial charge in [-0.05, 0) is 38.3 Å². The average Bonchev–Trinajstić information content (AvgIpc) is 3.18. The van der Waals surface area contributed by atoms with Gasteiger partial charge in [0.1, 0.15) is 5.82 Å². The van der Waals surface area contributed by atoms with E-state index < -0.39 is 5.54 Å². The number of amides is 1. The van der Waals surface area contributed by atoms with Crippen LogP contribution in [0.25, 0.3) is 0 Å². The largest absolute Gasteiger partial charge is 0.357 e. The zero-order valence-corrected chi connectivity index (χ0v) is 14.1. The second-order valence-corrected chi connectivity index (χ2v) is 5.04. The highest BCUT2D eigenvalue weighted by Gasteiger charge is 2.45. The van der Waals surface area contributed by atoms with E-state index in [1.807, 2.05) is 18.3 Å². The lowest BCUT2D eigenvalue weighted by molar-refractivity contribution is -0.123. The van der Waals surface area contributed by atoms with E-state index in [1.54, 1.807) is 0 Å². The van der Waals surface area contributed by atoms with Crippen LogP contribution in [-0.4, -0.2) is 29.5 Å². The molecule has 0 aliphatic heterocycles. The zero-order valence-electron chi connectivity index (χ0n) is 12.5. The van der Waals surface area contributed by atoms with Gasteiger partial charge >= 0.3 is 0 Å². The molecule has 0 unspecified atom stereocenters. The molecule has 1 saturated carbocycles. The first-order valence-electron chi connectivity index (χ1n) is 6.86. The van der Waals surface area contributed by atoms with Crippen LogP contribution >= 0.6 is 24.8 Å². The summed E-state index contributed by atoms with van der Waals surface area (Å²) in [5.41, 5.74) is 6.21. The molecule has 1 aliphatic rings. The first-order valence-corrected chi connectivity index (χ1v) is 6.86. The van der Waals surface area contributed by atoms with Crippen LogP contribution in [-0.2, 0) is 11.3 Å². The molecule has 120 valence electrons. The van der Waals surface area contributed by atoms with E-state index in [9.17, 15) is 4.79 Å². The lowest BCUT2D eigenvalue weighted by Crippen LogP contribution is -2.42. The van der Waals surface area contributed by atoms with Gasteiger partial charge < -0.3 is 16.0 Å². The molecule has 0 saturated heterocycles. The molecule has 0 atom stereocenters. The van der Waals surface area contributed by atoms with E-state index in [0.29, 0.717) is 6.54 Å². The second kappa shape index (κ2) is 8.41. The van der Waals surface area contributed by atoms with Crippen molar-refractivity contribution in [3.8, 4) is 0 Å². The number of hydrogen-bond donors (Lipinski definition) is 2. The molecule has 7 heteroatoms. The molecule has 21 heavy (non-hydrogen) atoms.